The van der Waals surface area contributed by atoms with Crippen LogP contribution in [-0.2, 0) is 9.53 Å². The molecular formula is C13H28N2O2. The van der Waals surface area contributed by atoms with Crippen LogP contribution in [0.25, 0.3) is 0 Å². The quantitative estimate of drug-likeness (QED) is 0.547. The van der Waals surface area contributed by atoms with Gasteiger partial charge in [-0.15, -0.1) is 0 Å². The van der Waals surface area contributed by atoms with E-state index in [0.29, 0.717) is 6.54 Å². The van der Waals surface area contributed by atoms with Gasteiger partial charge in [-0.25, -0.2) is 0 Å². The third-order valence-corrected chi connectivity index (χ3v) is 2.63. The molecule has 0 N–H and O–H groups in total. The molecule has 0 radical (unpaired) electrons. The van der Waals surface area contributed by atoms with E-state index in [1.165, 1.54) is 0 Å². The number of nitrogens with zero attached hydrogens (tertiary/aromatic N) is 2. The molecule has 0 atom stereocenters. The number of methoxy groups -OCH3 is 1. The van der Waals surface area contributed by atoms with Gasteiger partial charge in [0.15, 0.2) is 0 Å². The SMILES string of the molecule is CCCN(CCC)C(=O)CN(C)CCCOC. The highest BCUT2D eigenvalue weighted by atomic mass is 16.5. The summed E-state index contributed by atoms with van der Waals surface area (Å²) in [5.41, 5.74) is 0. The zero-order valence-corrected chi connectivity index (χ0v) is 11.9. The fourth-order valence-electron chi connectivity index (χ4n) is 1.79. The van der Waals surface area contributed by atoms with Gasteiger partial charge in [-0.3, -0.25) is 9.69 Å². The molecule has 0 aliphatic rings. The van der Waals surface area contributed by atoms with E-state index in [1.54, 1.807) is 7.11 Å². The fraction of sp³-hybridized carbons (Fsp3) is 0.923. The number of hydrogen-bond acceptors (Lipinski definition) is 3. The monoisotopic (exact) mass is 244 g/mol. The molecule has 17 heavy (non-hydrogen) atoms. The Morgan fingerprint density at radius 3 is 2.18 bits per heavy atom. The number of likely N-dealkylation sites (N-methyl/N-ethyl adjacent to an activating group) is 1. The summed E-state index contributed by atoms with van der Waals surface area (Å²) in [5, 5.41) is 0. The Labute approximate surface area is 106 Å². The second kappa shape index (κ2) is 10.5. The van der Waals surface area contributed by atoms with Crippen LogP contribution in [-0.4, -0.2) is 62.7 Å². The van der Waals surface area contributed by atoms with E-state index >= 15 is 0 Å². The first-order valence-electron chi connectivity index (χ1n) is 6.60. The van der Waals surface area contributed by atoms with Crippen molar-refractivity contribution in [3.63, 3.8) is 0 Å². The highest BCUT2D eigenvalue weighted by Gasteiger charge is 2.13. The van der Waals surface area contributed by atoms with E-state index in [-0.39, 0.29) is 5.91 Å². The Morgan fingerprint density at radius 1 is 1.12 bits per heavy atom. The Bertz CT molecular complexity index is 192. The number of ether oxygens (including phenoxy) is 1. The largest absolute Gasteiger partial charge is 0.385 e. The number of hydrogen-bond donors (Lipinski definition) is 0. The molecule has 0 aromatic heterocycles. The number of rotatable bonds is 10. The lowest BCUT2D eigenvalue weighted by Gasteiger charge is -2.24. The van der Waals surface area contributed by atoms with Crippen molar-refractivity contribution in [3.05, 3.63) is 0 Å². The molecule has 0 spiro atoms. The van der Waals surface area contributed by atoms with Crippen LogP contribution in [0, 0.1) is 0 Å². The molecule has 0 saturated carbocycles. The molecule has 0 unspecified atom stereocenters. The zero-order valence-electron chi connectivity index (χ0n) is 11.9. The summed E-state index contributed by atoms with van der Waals surface area (Å²) in [6, 6.07) is 0. The maximum Gasteiger partial charge on any atom is 0.236 e. The van der Waals surface area contributed by atoms with Crippen LogP contribution in [0.5, 0.6) is 0 Å². The summed E-state index contributed by atoms with van der Waals surface area (Å²) < 4.78 is 5.00. The van der Waals surface area contributed by atoms with E-state index in [1.807, 2.05) is 11.9 Å². The van der Waals surface area contributed by atoms with E-state index in [2.05, 4.69) is 18.7 Å². The van der Waals surface area contributed by atoms with Gasteiger partial charge in [-0.05, 0) is 26.3 Å². The van der Waals surface area contributed by atoms with Gasteiger partial charge in [-0.2, -0.15) is 0 Å². The van der Waals surface area contributed by atoms with Crippen LogP contribution >= 0.6 is 0 Å². The molecule has 0 saturated heterocycles. The molecule has 0 aromatic carbocycles. The summed E-state index contributed by atoms with van der Waals surface area (Å²) >= 11 is 0. The average Bonchev–Trinajstić information content (AvgIpc) is 2.29. The molecule has 0 fully saturated rings. The van der Waals surface area contributed by atoms with Crippen LogP contribution < -0.4 is 0 Å². The van der Waals surface area contributed by atoms with Crippen LogP contribution in [0.15, 0.2) is 0 Å². The van der Waals surface area contributed by atoms with Gasteiger partial charge >= 0.3 is 0 Å². The van der Waals surface area contributed by atoms with Gasteiger partial charge < -0.3 is 9.64 Å². The minimum Gasteiger partial charge on any atom is -0.385 e. The second-order valence-electron chi connectivity index (χ2n) is 4.46. The van der Waals surface area contributed by atoms with E-state index in [0.717, 1.165) is 45.5 Å². The summed E-state index contributed by atoms with van der Waals surface area (Å²) in [6.07, 6.45) is 3.03. The van der Waals surface area contributed by atoms with Crippen molar-refractivity contribution >= 4 is 5.91 Å². The topological polar surface area (TPSA) is 32.8 Å². The molecule has 0 rings (SSSR count). The van der Waals surface area contributed by atoms with Gasteiger partial charge in [0.05, 0.1) is 6.54 Å². The predicted octanol–water partition coefficient (Wildman–Crippen LogP) is 1.60. The third-order valence-electron chi connectivity index (χ3n) is 2.63. The van der Waals surface area contributed by atoms with Crippen molar-refractivity contribution < 1.29 is 9.53 Å². The average molecular weight is 244 g/mol. The van der Waals surface area contributed by atoms with Gasteiger partial charge in [0.2, 0.25) is 5.91 Å². The maximum atomic E-state index is 12.0. The van der Waals surface area contributed by atoms with Crippen molar-refractivity contribution in [2.75, 3.05) is 46.9 Å². The molecule has 0 heterocycles. The number of carbonyl (C=O) groups is 1. The standard InChI is InChI=1S/C13H28N2O2/c1-5-8-15(9-6-2)13(16)12-14(3)10-7-11-17-4/h5-12H2,1-4H3. The van der Waals surface area contributed by atoms with Crippen molar-refractivity contribution in [1.29, 1.82) is 0 Å². The molecule has 4 heteroatoms. The van der Waals surface area contributed by atoms with E-state index in [9.17, 15) is 4.79 Å². The van der Waals surface area contributed by atoms with Gasteiger partial charge in [0, 0.05) is 33.4 Å². The van der Waals surface area contributed by atoms with Gasteiger partial charge in [-0.1, -0.05) is 13.8 Å². The Hall–Kier alpha value is -0.610. The van der Waals surface area contributed by atoms with Crippen molar-refractivity contribution in [3.8, 4) is 0 Å². The number of amides is 1. The van der Waals surface area contributed by atoms with Crippen LogP contribution in [0.3, 0.4) is 0 Å². The summed E-state index contributed by atoms with van der Waals surface area (Å²) in [6.45, 7) is 8.15. The highest BCUT2D eigenvalue weighted by Crippen LogP contribution is 1.98. The lowest BCUT2D eigenvalue weighted by molar-refractivity contribution is -0.132. The molecule has 102 valence electrons. The number of carbonyl (C=O) groups excluding carboxylic acids is 1. The summed E-state index contributed by atoms with van der Waals surface area (Å²) in [4.78, 5) is 16.1. The van der Waals surface area contributed by atoms with Crippen LogP contribution in [0.2, 0.25) is 0 Å². The van der Waals surface area contributed by atoms with E-state index in [4.69, 9.17) is 4.74 Å². The summed E-state index contributed by atoms with van der Waals surface area (Å²) in [7, 11) is 3.69. The predicted molar refractivity (Wildman–Crippen MR) is 71.2 cm³/mol. The molecule has 0 aliphatic carbocycles. The molecule has 1 amide bonds. The lowest BCUT2D eigenvalue weighted by atomic mass is 10.3. The fourth-order valence-corrected chi connectivity index (χ4v) is 1.79. The Balaban J connectivity index is 3.92. The van der Waals surface area contributed by atoms with Crippen molar-refractivity contribution in [2.45, 2.75) is 33.1 Å². The Kier molecular flexibility index (Phi) is 10.2. The molecule has 0 aromatic rings. The highest BCUT2D eigenvalue weighted by molar-refractivity contribution is 5.78. The summed E-state index contributed by atoms with van der Waals surface area (Å²) in [5.74, 6) is 0.244. The zero-order chi connectivity index (χ0) is 13.1. The lowest BCUT2D eigenvalue weighted by Crippen LogP contribution is -2.40. The third kappa shape index (κ3) is 8.16. The first kappa shape index (κ1) is 16.4. The van der Waals surface area contributed by atoms with Gasteiger partial charge in [0.25, 0.3) is 0 Å². The van der Waals surface area contributed by atoms with E-state index < -0.39 is 0 Å². The normalized spacial score (nSPS) is 10.9. The van der Waals surface area contributed by atoms with Crippen molar-refractivity contribution in [1.82, 2.24) is 9.80 Å². The molecular weight excluding hydrogens is 216 g/mol. The van der Waals surface area contributed by atoms with Gasteiger partial charge in [0.1, 0.15) is 0 Å². The van der Waals surface area contributed by atoms with Crippen molar-refractivity contribution in [2.24, 2.45) is 0 Å². The first-order chi connectivity index (χ1) is 8.15. The Morgan fingerprint density at radius 2 is 1.71 bits per heavy atom. The second-order valence-corrected chi connectivity index (χ2v) is 4.46. The molecule has 0 bridgehead atoms. The maximum absolute atomic E-state index is 12.0. The molecule has 4 nitrogen and oxygen atoms in total. The minimum atomic E-state index is 0.244. The first-order valence-corrected chi connectivity index (χ1v) is 6.60. The molecule has 0 aliphatic heterocycles. The minimum absolute atomic E-state index is 0.244. The van der Waals surface area contributed by atoms with Crippen LogP contribution in [0.1, 0.15) is 33.1 Å². The van der Waals surface area contributed by atoms with Crippen LogP contribution in [0.4, 0.5) is 0 Å². The smallest absolute Gasteiger partial charge is 0.236 e.